The zero-order valence-electron chi connectivity index (χ0n) is 15.8. The normalized spacial score (nSPS) is 10.9. The summed E-state index contributed by atoms with van der Waals surface area (Å²) >= 11 is 0. The van der Waals surface area contributed by atoms with Crippen molar-refractivity contribution in [3.63, 3.8) is 0 Å². The highest BCUT2D eigenvalue weighted by Gasteiger charge is 2.22. The van der Waals surface area contributed by atoms with Gasteiger partial charge in [0.1, 0.15) is 17.0 Å². The number of anilines is 1. The number of fused-ring (bicyclic) bond motifs is 1. The van der Waals surface area contributed by atoms with Crippen molar-refractivity contribution in [1.82, 2.24) is 14.8 Å². The minimum Gasteiger partial charge on any atom is -0.506 e. The number of hydrogen-bond acceptors (Lipinski definition) is 4. The highest BCUT2D eigenvalue weighted by molar-refractivity contribution is 6.08. The topological polar surface area (TPSA) is 100 Å². The van der Waals surface area contributed by atoms with E-state index in [2.05, 4.69) is 15.4 Å². The van der Waals surface area contributed by atoms with Crippen molar-refractivity contribution in [2.24, 2.45) is 0 Å². The van der Waals surface area contributed by atoms with Crippen molar-refractivity contribution < 1.29 is 9.90 Å². The number of amides is 1. The van der Waals surface area contributed by atoms with Crippen molar-refractivity contribution in [3.8, 4) is 5.75 Å². The Balaban J connectivity index is 1.71. The molecule has 0 radical (unpaired) electrons. The zero-order valence-corrected chi connectivity index (χ0v) is 15.8. The Morgan fingerprint density at radius 1 is 1.14 bits per heavy atom. The van der Waals surface area contributed by atoms with E-state index in [-0.39, 0.29) is 11.3 Å². The molecule has 4 rings (SSSR count). The van der Waals surface area contributed by atoms with Crippen LogP contribution in [0.5, 0.6) is 5.75 Å². The van der Waals surface area contributed by atoms with Crippen molar-refractivity contribution in [2.75, 3.05) is 5.32 Å². The standard InChI is InChI=1S/C22H20N4O3/c1-2-15-10-6-7-11-17(15)24-21(28)18-19(27)16-12-23-26(20(16)25-22(18)29)13-14-8-4-3-5-9-14/h3-12H,2,13H2,1H3,(H,24,28)(H2,25,27,29). The molecule has 0 saturated carbocycles. The molecule has 0 atom stereocenters. The van der Waals surface area contributed by atoms with Gasteiger partial charge >= 0.3 is 0 Å². The fraction of sp³-hybridized carbons (Fsp3) is 0.136. The van der Waals surface area contributed by atoms with Gasteiger partial charge in [-0.1, -0.05) is 55.5 Å². The summed E-state index contributed by atoms with van der Waals surface area (Å²) in [5, 5.41) is 17.9. The van der Waals surface area contributed by atoms with E-state index in [9.17, 15) is 14.7 Å². The molecular weight excluding hydrogens is 368 g/mol. The van der Waals surface area contributed by atoms with Crippen molar-refractivity contribution in [2.45, 2.75) is 19.9 Å². The van der Waals surface area contributed by atoms with E-state index in [1.54, 1.807) is 16.8 Å². The number of aromatic amines is 1. The van der Waals surface area contributed by atoms with E-state index >= 15 is 0 Å². The molecule has 0 unspecified atom stereocenters. The van der Waals surface area contributed by atoms with E-state index in [0.717, 1.165) is 17.5 Å². The average molecular weight is 388 g/mol. The first-order valence-corrected chi connectivity index (χ1v) is 9.32. The number of nitrogens with zero attached hydrogens (tertiary/aromatic N) is 2. The van der Waals surface area contributed by atoms with Gasteiger partial charge in [0.15, 0.2) is 0 Å². The van der Waals surface area contributed by atoms with Gasteiger partial charge in [0.05, 0.1) is 18.1 Å². The molecule has 0 spiro atoms. The number of carbonyl (C=O) groups excluding carboxylic acids is 1. The van der Waals surface area contributed by atoms with Gasteiger partial charge in [-0.15, -0.1) is 0 Å². The second kappa shape index (κ2) is 7.63. The first-order valence-electron chi connectivity index (χ1n) is 9.32. The smallest absolute Gasteiger partial charge is 0.266 e. The van der Waals surface area contributed by atoms with Crippen LogP contribution in [0.2, 0.25) is 0 Å². The Kier molecular flexibility index (Phi) is 4.87. The lowest BCUT2D eigenvalue weighted by atomic mass is 10.1. The summed E-state index contributed by atoms with van der Waals surface area (Å²) in [6, 6.07) is 17.0. The molecule has 7 nitrogen and oxygen atoms in total. The highest BCUT2D eigenvalue weighted by atomic mass is 16.3. The van der Waals surface area contributed by atoms with Crippen LogP contribution in [-0.2, 0) is 13.0 Å². The third kappa shape index (κ3) is 3.50. The van der Waals surface area contributed by atoms with Crippen LogP contribution in [-0.4, -0.2) is 25.8 Å². The van der Waals surface area contributed by atoms with Gasteiger partial charge in [-0.2, -0.15) is 5.10 Å². The molecule has 0 saturated heterocycles. The van der Waals surface area contributed by atoms with Gasteiger partial charge in [0, 0.05) is 5.69 Å². The lowest BCUT2D eigenvalue weighted by molar-refractivity contribution is 0.102. The molecule has 2 aromatic carbocycles. The quantitative estimate of drug-likeness (QED) is 0.488. The van der Waals surface area contributed by atoms with Crippen LogP contribution in [0.15, 0.2) is 65.6 Å². The first kappa shape index (κ1) is 18.5. The summed E-state index contributed by atoms with van der Waals surface area (Å²) in [4.78, 5) is 28.1. The second-order valence-corrected chi connectivity index (χ2v) is 6.69. The molecule has 4 aromatic rings. The molecule has 2 heterocycles. The molecule has 2 aromatic heterocycles. The number of nitrogens with one attached hydrogen (secondary N) is 2. The molecule has 29 heavy (non-hydrogen) atoms. The number of pyridine rings is 1. The van der Waals surface area contributed by atoms with Gasteiger partial charge in [0.25, 0.3) is 11.5 Å². The molecule has 0 bridgehead atoms. The zero-order chi connectivity index (χ0) is 20.4. The monoisotopic (exact) mass is 388 g/mol. The highest BCUT2D eigenvalue weighted by Crippen LogP contribution is 2.26. The Morgan fingerprint density at radius 2 is 1.86 bits per heavy atom. The van der Waals surface area contributed by atoms with E-state index in [0.29, 0.717) is 23.3 Å². The molecule has 7 heteroatoms. The van der Waals surface area contributed by atoms with Gasteiger partial charge in [0.2, 0.25) is 0 Å². The summed E-state index contributed by atoms with van der Waals surface area (Å²) in [6.07, 6.45) is 2.17. The third-order valence-corrected chi connectivity index (χ3v) is 4.84. The average Bonchev–Trinajstić information content (AvgIpc) is 3.12. The predicted molar refractivity (Wildman–Crippen MR) is 111 cm³/mol. The lowest BCUT2D eigenvalue weighted by Gasteiger charge is -2.11. The Bertz CT molecular complexity index is 1240. The first-order chi connectivity index (χ1) is 14.1. The fourth-order valence-electron chi connectivity index (χ4n) is 3.33. The summed E-state index contributed by atoms with van der Waals surface area (Å²) in [5.74, 6) is -1.04. The van der Waals surface area contributed by atoms with Crippen molar-refractivity contribution in [1.29, 1.82) is 0 Å². The van der Waals surface area contributed by atoms with E-state index < -0.39 is 11.5 Å². The second-order valence-electron chi connectivity index (χ2n) is 6.69. The Hall–Kier alpha value is -3.87. The molecule has 1 amide bonds. The Labute approximate surface area is 166 Å². The maximum atomic E-state index is 12.7. The van der Waals surface area contributed by atoms with Crippen molar-refractivity contribution in [3.05, 3.63) is 87.8 Å². The lowest BCUT2D eigenvalue weighted by Crippen LogP contribution is -2.24. The van der Waals surface area contributed by atoms with Crippen LogP contribution < -0.4 is 10.9 Å². The van der Waals surface area contributed by atoms with Crippen LogP contribution in [0, 0.1) is 0 Å². The molecule has 146 valence electrons. The van der Waals surface area contributed by atoms with Crippen LogP contribution in [0.3, 0.4) is 0 Å². The summed E-state index contributed by atoms with van der Waals surface area (Å²) in [7, 11) is 0. The number of rotatable bonds is 5. The van der Waals surface area contributed by atoms with Crippen LogP contribution >= 0.6 is 0 Å². The van der Waals surface area contributed by atoms with E-state index in [1.165, 1.54) is 6.20 Å². The Morgan fingerprint density at radius 3 is 2.62 bits per heavy atom. The number of aromatic hydroxyl groups is 1. The van der Waals surface area contributed by atoms with E-state index in [4.69, 9.17) is 0 Å². The van der Waals surface area contributed by atoms with Crippen molar-refractivity contribution >= 4 is 22.6 Å². The molecular formula is C22H20N4O3. The summed E-state index contributed by atoms with van der Waals surface area (Å²) in [6.45, 7) is 2.40. The molecule has 3 N–H and O–H groups in total. The van der Waals surface area contributed by atoms with Gasteiger partial charge in [-0.05, 0) is 23.6 Å². The largest absolute Gasteiger partial charge is 0.506 e. The number of carbonyl (C=O) groups is 1. The molecule has 0 aliphatic carbocycles. The number of benzene rings is 2. The van der Waals surface area contributed by atoms with E-state index in [1.807, 2.05) is 49.4 Å². The third-order valence-electron chi connectivity index (χ3n) is 4.84. The van der Waals surface area contributed by atoms with Crippen LogP contribution in [0.25, 0.3) is 11.0 Å². The number of aryl methyl sites for hydroxylation is 1. The van der Waals surface area contributed by atoms with Crippen LogP contribution in [0.4, 0.5) is 5.69 Å². The SMILES string of the molecule is CCc1ccccc1NC(=O)c1c(O)c2cnn(Cc3ccccc3)c2[nH]c1=O. The number of para-hydroxylation sites is 1. The predicted octanol–water partition coefficient (Wildman–Crippen LogP) is 3.29. The fourth-order valence-corrected chi connectivity index (χ4v) is 3.33. The minimum absolute atomic E-state index is 0.314. The maximum Gasteiger partial charge on any atom is 0.266 e. The maximum absolute atomic E-state index is 12.7. The summed E-state index contributed by atoms with van der Waals surface area (Å²) in [5.41, 5.74) is 1.91. The van der Waals surface area contributed by atoms with Gasteiger partial charge in [-0.3, -0.25) is 9.59 Å². The van der Waals surface area contributed by atoms with Gasteiger partial charge < -0.3 is 15.4 Å². The molecule has 0 aliphatic rings. The van der Waals surface area contributed by atoms with Gasteiger partial charge in [-0.25, -0.2) is 4.68 Å². The number of H-pyrrole nitrogens is 1. The minimum atomic E-state index is -0.670. The number of hydrogen-bond donors (Lipinski definition) is 3. The van der Waals surface area contributed by atoms with Crippen LogP contribution in [0.1, 0.15) is 28.4 Å². The molecule has 0 fully saturated rings. The number of aromatic nitrogens is 3. The molecule has 0 aliphatic heterocycles. The summed E-state index contributed by atoms with van der Waals surface area (Å²) < 4.78 is 1.58.